The Morgan fingerprint density at radius 1 is 1.07 bits per heavy atom. The number of hydrogen-bond acceptors (Lipinski definition) is 4. The fourth-order valence-electron chi connectivity index (χ4n) is 2.35. The van der Waals surface area contributed by atoms with Crippen molar-refractivity contribution in [2.45, 2.75) is 0 Å². The van der Waals surface area contributed by atoms with E-state index in [4.69, 9.17) is 40.2 Å². The summed E-state index contributed by atoms with van der Waals surface area (Å²) >= 11 is 19.0. The van der Waals surface area contributed by atoms with E-state index in [0.29, 0.717) is 26.3 Å². The molecule has 0 saturated heterocycles. The summed E-state index contributed by atoms with van der Waals surface area (Å²) in [7, 11) is 1.34. The van der Waals surface area contributed by atoms with Gasteiger partial charge < -0.3 is 15.4 Å². The molecule has 0 bridgehead atoms. The van der Waals surface area contributed by atoms with Crippen LogP contribution in [0.4, 0.5) is 10.7 Å². The number of nitrogens with one attached hydrogen (secondary N) is 2. The van der Waals surface area contributed by atoms with Crippen LogP contribution in [0, 0.1) is 0 Å². The van der Waals surface area contributed by atoms with E-state index < -0.39 is 5.97 Å². The van der Waals surface area contributed by atoms with Crippen LogP contribution >= 0.6 is 46.8 Å². The highest BCUT2D eigenvalue weighted by Gasteiger charge is 2.19. The zero-order chi connectivity index (χ0) is 19.4. The third kappa shape index (κ3) is 4.59. The van der Waals surface area contributed by atoms with Gasteiger partial charge in [0.25, 0.3) is 0 Å². The molecule has 2 aromatic carbocycles. The molecule has 2 N–H and O–H groups in total. The number of hydrogen-bond donors (Lipinski definition) is 2. The number of carbonyl (C=O) groups is 1. The van der Waals surface area contributed by atoms with Crippen molar-refractivity contribution in [1.29, 1.82) is 0 Å². The second kappa shape index (κ2) is 8.71. The standard InChI is InChI=1S/C19H14Cl2N2O2S2/c1-25-18(24)12-10-15(11-6-3-2-4-7-11)27-17(12)23-19(26)22-14-9-5-8-13(20)16(14)21/h2-10H,1H3,(H2,22,23,26). The molecule has 0 unspecified atom stereocenters. The van der Waals surface area contributed by atoms with Gasteiger partial charge in [-0.05, 0) is 36.0 Å². The first-order valence-electron chi connectivity index (χ1n) is 7.79. The molecule has 8 heteroatoms. The Morgan fingerprint density at radius 2 is 1.81 bits per heavy atom. The highest BCUT2D eigenvalue weighted by molar-refractivity contribution is 7.80. The molecule has 27 heavy (non-hydrogen) atoms. The molecule has 0 amide bonds. The zero-order valence-electron chi connectivity index (χ0n) is 14.1. The Labute approximate surface area is 176 Å². The minimum Gasteiger partial charge on any atom is -0.465 e. The van der Waals surface area contributed by atoms with E-state index in [1.807, 2.05) is 30.3 Å². The van der Waals surface area contributed by atoms with Crippen LogP contribution < -0.4 is 10.6 Å². The first kappa shape index (κ1) is 19.6. The first-order chi connectivity index (χ1) is 13.0. The molecule has 0 aliphatic carbocycles. The van der Waals surface area contributed by atoms with Crippen LogP contribution in [-0.2, 0) is 4.74 Å². The monoisotopic (exact) mass is 436 g/mol. The van der Waals surface area contributed by atoms with Crippen molar-refractivity contribution in [3.63, 3.8) is 0 Å². The molecule has 0 aliphatic heterocycles. The normalized spacial score (nSPS) is 10.3. The molecule has 3 aromatic rings. The number of carbonyl (C=O) groups excluding carboxylic acids is 1. The molecule has 3 rings (SSSR count). The minimum absolute atomic E-state index is 0.283. The van der Waals surface area contributed by atoms with E-state index >= 15 is 0 Å². The maximum Gasteiger partial charge on any atom is 0.340 e. The SMILES string of the molecule is COC(=O)c1cc(-c2ccccc2)sc1NC(=S)Nc1cccc(Cl)c1Cl. The van der Waals surface area contributed by atoms with Gasteiger partial charge >= 0.3 is 5.97 Å². The smallest absolute Gasteiger partial charge is 0.340 e. The average Bonchev–Trinajstić information content (AvgIpc) is 3.09. The molecule has 1 aromatic heterocycles. The summed E-state index contributed by atoms with van der Waals surface area (Å²) in [5, 5.41) is 7.69. The summed E-state index contributed by atoms with van der Waals surface area (Å²) in [5.74, 6) is -0.445. The average molecular weight is 437 g/mol. The summed E-state index contributed by atoms with van der Waals surface area (Å²) in [5.41, 5.74) is 1.97. The topological polar surface area (TPSA) is 50.4 Å². The lowest BCUT2D eigenvalue weighted by Crippen LogP contribution is -2.20. The number of rotatable bonds is 4. The third-order valence-corrected chi connectivity index (χ3v) is 5.75. The van der Waals surface area contributed by atoms with Crippen LogP contribution in [0.2, 0.25) is 10.0 Å². The van der Waals surface area contributed by atoms with E-state index in [9.17, 15) is 4.79 Å². The van der Waals surface area contributed by atoms with Crippen LogP contribution in [0.1, 0.15) is 10.4 Å². The highest BCUT2D eigenvalue weighted by Crippen LogP contribution is 2.36. The fourth-order valence-corrected chi connectivity index (χ4v) is 4.03. The lowest BCUT2D eigenvalue weighted by Gasteiger charge is -2.12. The van der Waals surface area contributed by atoms with E-state index in [-0.39, 0.29) is 5.11 Å². The number of ether oxygens (including phenoxy) is 1. The van der Waals surface area contributed by atoms with Crippen LogP contribution in [0.3, 0.4) is 0 Å². The molecule has 0 radical (unpaired) electrons. The third-order valence-electron chi connectivity index (χ3n) is 3.62. The van der Waals surface area contributed by atoms with Crippen molar-refractivity contribution in [2.24, 2.45) is 0 Å². The van der Waals surface area contributed by atoms with E-state index in [1.165, 1.54) is 18.4 Å². The van der Waals surface area contributed by atoms with Crippen molar-refractivity contribution >= 4 is 68.5 Å². The van der Waals surface area contributed by atoms with Gasteiger partial charge in [0, 0.05) is 4.88 Å². The number of thiophene rings is 1. The van der Waals surface area contributed by atoms with Gasteiger partial charge in [-0.2, -0.15) is 0 Å². The van der Waals surface area contributed by atoms with E-state index in [2.05, 4.69) is 10.6 Å². The molecule has 4 nitrogen and oxygen atoms in total. The maximum absolute atomic E-state index is 12.2. The lowest BCUT2D eigenvalue weighted by molar-refractivity contribution is 0.0602. The zero-order valence-corrected chi connectivity index (χ0v) is 17.2. The summed E-state index contributed by atoms with van der Waals surface area (Å²) in [6.45, 7) is 0. The number of halogens is 2. The van der Waals surface area contributed by atoms with Gasteiger partial charge in [0.2, 0.25) is 0 Å². The highest BCUT2D eigenvalue weighted by atomic mass is 35.5. The fraction of sp³-hybridized carbons (Fsp3) is 0.0526. The van der Waals surface area contributed by atoms with Crippen molar-refractivity contribution < 1.29 is 9.53 Å². The van der Waals surface area contributed by atoms with Crippen molar-refractivity contribution in [2.75, 3.05) is 17.7 Å². The Bertz CT molecular complexity index is 991. The molecular weight excluding hydrogens is 423 g/mol. The Balaban J connectivity index is 1.86. The molecule has 0 atom stereocenters. The second-order valence-electron chi connectivity index (χ2n) is 5.39. The van der Waals surface area contributed by atoms with E-state index in [0.717, 1.165) is 10.4 Å². The summed E-state index contributed by atoms with van der Waals surface area (Å²) < 4.78 is 4.89. The predicted octanol–water partition coefficient (Wildman–Crippen LogP) is 6.32. The number of anilines is 2. The molecule has 138 valence electrons. The Morgan fingerprint density at radius 3 is 2.52 bits per heavy atom. The van der Waals surface area contributed by atoms with Crippen LogP contribution in [-0.4, -0.2) is 18.2 Å². The minimum atomic E-state index is -0.445. The van der Waals surface area contributed by atoms with Crippen molar-refractivity contribution in [3.8, 4) is 10.4 Å². The molecule has 0 aliphatic rings. The second-order valence-corrected chi connectivity index (χ2v) is 7.64. The Kier molecular flexibility index (Phi) is 6.34. The number of methoxy groups -OCH3 is 1. The van der Waals surface area contributed by atoms with Gasteiger partial charge in [0.15, 0.2) is 5.11 Å². The van der Waals surface area contributed by atoms with Crippen molar-refractivity contribution in [1.82, 2.24) is 0 Å². The lowest BCUT2D eigenvalue weighted by atomic mass is 10.1. The van der Waals surface area contributed by atoms with Gasteiger partial charge in [0.1, 0.15) is 5.00 Å². The molecule has 0 spiro atoms. The first-order valence-corrected chi connectivity index (χ1v) is 9.77. The predicted molar refractivity (Wildman–Crippen MR) is 117 cm³/mol. The summed E-state index contributed by atoms with van der Waals surface area (Å²) in [6.07, 6.45) is 0. The largest absolute Gasteiger partial charge is 0.465 e. The van der Waals surface area contributed by atoms with Crippen LogP contribution in [0.15, 0.2) is 54.6 Å². The number of thiocarbonyl (C=S) groups is 1. The van der Waals surface area contributed by atoms with Crippen molar-refractivity contribution in [3.05, 3.63) is 70.2 Å². The van der Waals surface area contributed by atoms with Gasteiger partial charge in [-0.3, -0.25) is 0 Å². The maximum atomic E-state index is 12.2. The van der Waals surface area contributed by atoms with Crippen LogP contribution in [0.25, 0.3) is 10.4 Å². The Hall–Kier alpha value is -2.12. The van der Waals surface area contributed by atoms with Crippen LogP contribution in [0.5, 0.6) is 0 Å². The van der Waals surface area contributed by atoms with Gasteiger partial charge in [-0.15, -0.1) is 11.3 Å². The van der Waals surface area contributed by atoms with Gasteiger partial charge in [-0.1, -0.05) is 59.6 Å². The molecular formula is C19H14Cl2N2O2S2. The summed E-state index contributed by atoms with van der Waals surface area (Å²) in [4.78, 5) is 13.1. The number of benzene rings is 2. The molecule has 0 saturated carbocycles. The quantitative estimate of drug-likeness (QED) is 0.370. The molecule has 1 heterocycles. The molecule has 0 fully saturated rings. The van der Waals surface area contributed by atoms with E-state index in [1.54, 1.807) is 24.3 Å². The van der Waals surface area contributed by atoms with Gasteiger partial charge in [-0.25, -0.2) is 4.79 Å². The number of esters is 1. The van der Waals surface area contributed by atoms with Gasteiger partial charge in [0.05, 0.1) is 28.4 Å². The summed E-state index contributed by atoms with van der Waals surface area (Å²) in [6, 6.07) is 16.7.